The molecule has 2 N–H and O–H groups in total. The molecule has 1 saturated heterocycles. The van der Waals surface area contributed by atoms with E-state index in [0.29, 0.717) is 31.6 Å². The molecule has 8 heteroatoms. The van der Waals surface area contributed by atoms with Crippen LogP contribution in [-0.4, -0.2) is 54.0 Å². The molecular formula is C17H20N6O2. The van der Waals surface area contributed by atoms with Crippen LogP contribution in [0.1, 0.15) is 25.0 Å². The SMILES string of the molecule is O=C(CCn1cnc2ccccc21)N1CCC[C@](O)(c2cn[nH]n2)C1. The number of likely N-dealkylation sites (tertiary alicyclic amines) is 1. The van der Waals surface area contributed by atoms with E-state index >= 15 is 0 Å². The van der Waals surface area contributed by atoms with E-state index in [-0.39, 0.29) is 12.5 Å². The number of H-pyrrole nitrogens is 1. The predicted octanol–water partition coefficient (Wildman–Crippen LogP) is 1.05. The highest BCUT2D eigenvalue weighted by Crippen LogP contribution is 2.30. The van der Waals surface area contributed by atoms with E-state index in [4.69, 9.17) is 0 Å². The van der Waals surface area contributed by atoms with Crippen molar-refractivity contribution < 1.29 is 9.90 Å². The minimum atomic E-state index is -1.12. The van der Waals surface area contributed by atoms with Crippen LogP contribution < -0.4 is 0 Å². The summed E-state index contributed by atoms with van der Waals surface area (Å²) in [5, 5.41) is 21.1. The van der Waals surface area contributed by atoms with Crippen LogP contribution in [0.4, 0.5) is 0 Å². The topological polar surface area (TPSA) is 99.9 Å². The Morgan fingerprint density at radius 2 is 2.24 bits per heavy atom. The number of aryl methyl sites for hydroxylation is 1. The van der Waals surface area contributed by atoms with Crippen LogP contribution in [0, 0.1) is 0 Å². The largest absolute Gasteiger partial charge is 0.382 e. The molecule has 0 aliphatic carbocycles. The molecule has 25 heavy (non-hydrogen) atoms. The van der Waals surface area contributed by atoms with Gasteiger partial charge in [0.25, 0.3) is 0 Å². The number of benzene rings is 1. The van der Waals surface area contributed by atoms with Gasteiger partial charge in [-0.25, -0.2) is 4.98 Å². The Balaban J connectivity index is 1.42. The van der Waals surface area contributed by atoms with E-state index in [9.17, 15) is 9.90 Å². The van der Waals surface area contributed by atoms with Crippen molar-refractivity contribution in [1.29, 1.82) is 0 Å². The lowest BCUT2D eigenvalue weighted by Gasteiger charge is -2.38. The van der Waals surface area contributed by atoms with Gasteiger partial charge in [0.15, 0.2) is 0 Å². The fourth-order valence-electron chi connectivity index (χ4n) is 3.45. The fraction of sp³-hybridized carbons (Fsp3) is 0.412. The number of piperidine rings is 1. The Morgan fingerprint density at radius 3 is 3.08 bits per heavy atom. The highest BCUT2D eigenvalue weighted by Gasteiger charge is 2.38. The molecule has 1 aliphatic rings. The molecule has 2 aromatic heterocycles. The van der Waals surface area contributed by atoms with Crippen LogP contribution in [0.2, 0.25) is 0 Å². The number of aliphatic hydroxyl groups is 1. The molecule has 1 atom stereocenters. The summed E-state index contributed by atoms with van der Waals surface area (Å²) in [6, 6.07) is 7.86. The van der Waals surface area contributed by atoms with E-state index in [0.717, 1.165) is 17.5 Å². The van der Waals surface area contributed by atoms with Gasteiger partial charge >= 0.3 is 0 Å². The molecule has 4 rings (SSSR count). The number of nitrogens with one attached hydrogen (secondary N) is 1. The zero-order valence-electron chi connectivity index (χ0n) is 13.8. The van der Waals surface area contributed by atoms with Gasteiger partial charge in [-0.3, -0.25) is 4.79 Å². The van der Waals surface area contributed by atoms with E-state index in [1.54, 1.807) is 11.2 Å². The van der Waals surface area contributed by atoms with Crippen molar-refractivity contribution in [2.24, 2.45) is 0 Å². The summed E-state index contributed by atoms with van der Waals surface area (Å²) in [6.07, 6.45) is 4.97. The zero-order valence-corrected chi connectivity index (χ0v) is 13.8. The van der Waals surface area contributed by atoms with Gasteiger partial charge in [-0.2, -0.15) is 15.4 Å². The van der Waals surface area contributed by atoms with Gasteiger partial charge in [0.05, 0.1) is 30.1 Å². The Labute approximate surface area is 144 Å². The monoisotopic (exact) mass is 340 g/mol. The summed E-state index contributed by atoms with van der Waals surface area (Å²) < 4.78 is 1.99. The highest BCUT2D eigenvalue weighted by molar-refractivity contribution is 5.77. The zero-order chi connectivity index (χ0) is 17.3. The van der Waals surface area contributed by atoms with E-state index in [1.165, 1.54) is 6.20 Å². The number of imidazole rings is 1. The first-order valence-corrected chi connectivity index (χ1v) is 8.42. The summed E-state index contributed by atoms with van der Waals surface area (Å²) in [5.41, 5.74) is 1.31. The quantitative estimate of drug-likeness (QED) is 0.739. The second kappa shape index (κ2) is 6.29. The molecule has 1 amide bonds. The average Bonchev–Trinajstić information content (AvgIpc) is 3.30. The molecular weight excluding hydrogens is 320 g/mol. The number of hydrogen-bond acceptors (Lipinski definition) is 5. The van der Waals surface area contributed by atoms with Gasteiger partial charge in [-0.15, -0.1) is 0 Å². The number of β-amino-alcohol motifs (C(OH)–C–C–N with tert-alkyl or cyclic N) is 1. The molecule has 3 aromatic rings. The van der Waals surface area contributed by atoms with Crippen LogP contribution >= 0.6 is 0 Å². The maximum Gasteiger partial charge on any atom is 0.224 e. The van der Waals surface area contributed by atoms with Crippen molar-refractivity contribution >= 4 is 16.9 Å². The maximum atomic E-state index is 12.6. The Bertz CT molecular complexity index is 874. The molecule has 0 unspecified atom stereocenters. The minimum Gasteiger partial charge on any atom is -0.382 e. The van der Waals surface area contributed by atoms with Crippen LogP contribution in [-0.2, 0) is 16.9 Å². The van der Waals surface area contributed by atoms with Crippen molar-refractivity contribution in [3.8, 4) is 0 Å². The lowest BCUT2D eigenvalue weighted by molar-refractivity contribution is -0.139. The van der Waals surface area contributed by atoms with Crippen molar-refractivity contribution in [3.05, 3.63) is 42.5 Å². The summed E-state index contributed by atoms with van der Waals surface area (Å²) in [6.45, 7) is 1.48. The molecule has 0 bridgehead atoms. The Hall–Kier alpha value is -2.74. The summed E-state index contributed by atoms with van der Waals surface area (Å²) in [5.74, 6) is 0.0272. The van der Waals surface area contributed by atoms with Gasteiger partial charge in [0.2, 0.25) is 5.91 Å². The number of rotatable bonds is 4. The molecule has 0 radical (unpaired) electrons. The number of fused-ring (bicyclic) bond motifs is 1. The third-order valence-corrected chi connectivity index (χ3v) is 4.81. The van der Waals surface area contributed by atoms with E-state index in [2.05, 4.69) is 20.4 Å². The first kappa shape index (κ1) is 15.8. The summed E-state index contributed by atoms with van der Waals surface area (Å²) in [4.78, 5) is 18.7. The maximum absolute atomic E-state index is 12.6. The molecule has 8 nitrogen and oxygen atoms in total. The summed E-state index contributed by atoms with van der Waals surface area (Å²) >= 11 is 0. The first-order valence-electron chi connectivity index (χ1n) is 8.42. The van der Waals surface area contributed by atoms with Crippen molar-refractivity contribution in [1.82, 2.24) is 29.9 Å². The van der Waals surface area contributed by atoms with Crippen LogP contribution in [0.25, 0.3) is 11.0 Å². The number of nitrogens with zero attached hydrogens (tertiary/aromatic N) is 5. The fourth-order valence-corrected chi connectivity index (χ4v) is 3.45. The number of aromatic amines is 1. The second-order valence-electron chi connectivity index (χ2n) is 6.48. The van der Waals surface area contributed by atoms with Crippen LogP contribution in [0.5, 0.6) is 0 Å². The third-order valence-electron chi connectivity index (χ3n) is 4.81. The van der Waals surface area contributed by atoms with Crippen molar-refractivity contribution in [3.63, 3.8) is 0 Å². The first-order chi connectivity index (χ1) is 12.2. The lowest BCUT2D eigenvalue weighted by Crippen LogP contribution is -2.48. The summed E-state index contributed by atoms with van der Waals surface area (Å²) in [7, 11) is 0. The molecule has 3 heterocycles. The number of carbonyl (C=O) groups excluding carboxylic acids is 1. The van der Waals surface area contributed by atoms with E-state index in [1.807, 2.05) is 28.8 Å². The molecule has 1 aliphatic heterocycles. The number of carbonyl (C=O) groups is 1. The molecule has 1 fully saturated rings. The molecule has 130 valence electrons. The number of amides is 1. The molecule has 1 aromatic carbocycles. The number of hydrogen-bond donors (Lipinski definition) is 2. The normalized spacial score (nSPS) is 20.9. The van der Waals surface area contributed by atoms with Gasteiger partial charge in [0.1, 0.15) is 11.3 Å². The van der Waals surface area contributed by atoms with Gasteiger partial charge < -0.3 is 14.6 Å². The average molecular weight is 340 g/mol. The van der Waals surface area contributed by atoms with Gasteiger partial charge in [-0.1, -0.05) is 12.1 Å². The lowest BCUT2D eigenvalue weighted by atomic mass is 9.90. The van der Waals surface area contributed by atoms with Crippen LogP contribution in [0.15, 0.2) is 36.8 Å². The van der Waals surface area contributed by atoms with Gasteiger partial charge in [0, 0.05) is 19.5 Å². The standard InChI is InChI=1S/C17H20N6O2/c24-16(6-9-23-12-18-13-4-1-2-5-14(13)23)22-8-3-7-17(25,11-22)15-10-19-21-20-15/h1-2,4-5,10,12,25H,3,6-9,11H2,(H,19,20,21)/t17-/m1/s1. The Morgan fingerprint density at radius 1 is 1.36 bits per heavy atom. The third kappa shape index (κ3) is 3.00. The highest BCUT2D eigenvalue weighted by atomic mass is 16.3. The van der Waals surface area contributed by atoms with Crippen molar-refractivity contribution in [2.45, 2.75) is 31.4 Å². The molecule has 0 spiro atoms. The van der Waals surface area contributed by atoms with E-state index < -0.39 is 5.60 Å². The van der Waals surface area contributed by atoms with Crippen LogP contribution in [0.3, 0.4) is 0 Å². The van der Waals surface area contributed by atoms with Gasteiger partial charge in [-0.05, 0) is 25.0 Å². The molecule has 0 saturated carbocycles. The smallest absolute Gasteiger partial charge is 0.224 e. The van der Waals surface area contributed by atoms with Crippen molar-refractivity contribution in [2.75, 3.05) is 13.1 Å². The Kier molecular flexibility index (Phi) is 3.96. The predicted molar refractivity (Wildman–Crippen MR) is 90.4 cm³/mol. The number of aromatic nitrogens is 5. The minimum absolute atomic E-state index is 0.0272. The second-order valence-corrected chi connectivity index (χ2v) is 6.48. The number of para-hydroxylation sites is 2.